The number of nitrogens with zero attached hydrogens (tertiary/aromatic N) is 1. The lowest BCUT2D eigenvalue weighted by Gasteiger charge is -2.16. The van der Waals surface area contributed by atoms with Crippen molar-refractivity contribution in [2.45, 2.75) is 45.1 Å². The van der Waals surface area contributed by atoms with Gasteiger partial charge < -0.3 is 5.73 Å². The molecule has 2 heteroatoms. The number of pyridine rings is 1. The fourth-order valence-electron chi connectivity index (χ4n) is 3.05. The molecule has 1 aliphatic carbocycles. The summed E-state index contributed by atoms with van der Waals surface area (Å²) in [6.07, 6.45) is 8.48. The number of allylic oxidation sites excluding steroid dienone is 1. The van der Waals surface area contributed by atoms with Gasteiger partial charge in [-0.2, -0.15) is 0 Å². The molecular formula is C18H22N2. The predicted molar refractivity (Wildman–Crippen MR) is 84.6 cm³/mol. The zero-order chi connectivity index (χ0) is 13.9. The number of rotatable bonds is 2. The normalized spacial score (nSPS) is 17.6. The van der Waals surface area contributed by atoms with Crippen molar-refractivity contribution in [1.82, 2.24) is 4.98 Å². The van der Waals surface area contributed by atoms with Gasteiger partial charge in [-0.05, 0) is 50.3 Å². The minimum Gasteiger partial charge on any atom is -0.319 e. The maximum Gasteiger partial charge on any atom is 0.0708 e. The number of para-hydroxylation sites is 1. The van der Waals surface area contributed by atoms with E-state index >= 15 is 0 Å². The van der Waals surface area contributed by atoms with Crippen LogP contribution in [0.1, 0.15) is 49.4 Å². The first-order chi connectivity index (χ1) is 9.75. The summed E-state index contributed by atoms with van der Waals surface area (Å²) < 4.78 is 0. The monoisotopic (exact) mass is 266 g/mol. The number of hydrogen-bond acceptors (Lipinski definition) is 2. The van der Waals surface area contributed by atoms with Gasteiger partial charge in [0.2, 0.25) is 0 Å². The highest BCUT2D eigenvalue weighted by Crippen LogP contribution is 2.28. The van der Waals surface area contributed by atoms with E-state index in [0.717, 1.165) is 24.1 Å². The third kappa shape index (κ3) is 2.61. The summed E-state index contributed by atoms with van der Waals surface area (Å²) in [6, 6.07) is 10.4. The Hall–Kier alpha value is -1.67. The molecule has 0 bridgehead atoms. The number of hydrogen-bond donors (Lipinski definition) is 1. The summed E-state index contributed by atoms with van der Waals surface area (Å²) in [5.41, 5.74) is 11.2. The number of benzene rings is 1. The first-order valence-electron chi connectivity index (χ1n) is 7.56. The molecular weight excluding hydrogens is 244 g/mol. The van der Waals surface area contributed by atoms with Gasteiger partial charge in [0.25, 0.3) is 0 Å². The van der Waals surface area contributed by atoms with Crippen LogP contribution in [0.2, 0.25) is 0 Å². The Labute approximate surface area is 120 Å². The Kier molecular flexibility index (Phi) is 3.83. The largest absolute Gasteiger partial charge is 0.319 e. The van der Waals surface area contributed by atoms with Crippen LogP contribution in [0.15, 0.2) is 42.0 Å². The van der Waals surface area contributed by atoms with Gasteiger partial charge in [0.1, 0.15) is 0 Å². The van der Waals surface area contributed by atoms with Crippen molar-refractivity contribution in [3.05, 3.63) is 53.2 Å². The van der Waals surface area contributed by atoms with Crippen molar-refractivity contribution in [3.8, 4) is 0 Å². The number of aromatic nitrogens is 1. The second kappa shape index (κ2) is 5.76. The molecule has 0 radical (unpaired) electrons. The van der Waals surface area contributed by atoms with Crippen molar-refractivity contribution in [2.75, 3.05) is 0 Å². The lowest BCUT2D eigenvalue weighted by molar-refractivity contribution is 0.683. The lowest BCUT2D eigenvalue weighted by atomic mass is 9.97. The predicted octanol–water partition coefficient (Wildman–Crippen LogP) is 4.43. The van der Waals surface area contributed by atoms with Crippen LogP contribution >= 0.6 is 0 Å². The smallest absolute Gasteiger partial charge is 0.0708 e. The first kappa shape index (κ1) is 13.3. The molecule has 1 aromatic heterocycles. The maximum absolute atomic E-state index is 6.47. The van der Waals surface area contributed by atoms with E-state index in [0.29, 0.717) is 0 Å². The van der Waals surface area contributed by atoms with Crippen LogP contribution in [0.4, 0.5) is 0 Å². The standard InChI is InChI=1S/C18H22N2/c1-13-12-17(20-16-11-7-6-10-15(13)16)18(19)14-8-4-2-3-5-9-14/h6-8,10-12,18H,2-5,9,19H2,1H3. The lowest BCUT2D eigenvalue weighted by Crippen LogP contribution is -2.15. The molecule has 0 saturated carbocycles. The van der Waals surface area contributed by atoms with E-state index in [2.05, 4.69) is 37.3 Å². The number of fused-ring (bicyclic) bond motifs is 1. The Bertz CT molecular complexity index is 643. The fourth-order valence-corrected chi connectivity index (χ4v) is 3.05. The third-order valence-corrected chi connectivity index (χ3v) is 4.24. The molecule has 1 unspecified atom stereocenters. The molecule has 2 nitrogen and oxygen atoms in total. The van der Waals surface area contributed by atoms with Gasteiger partial charge in [-0.3, -0.25) is 4.98 Å². The first-order valence-corrected chi connectivity index (χ1v) is 7.56. The van der Waals surface area contributed by atoms with E-state index in [-0.39, 0.29) is 6.04 Å². The summed E-state index contributed by atoms with van der Waals surface area (Å²) in [4.78, 5) is 4.78. The van der Waals surface area contributed by atoms with Crippen molar-refractivity contribution in [2.24, 2.45) is 5.73 Å². The summed E-state index contributed by atoms with van der Waals surface area (Å²) in [6.45, 7) is 2.14. The Morgan fingerprint density at radius 3 is 2.90 bits per heavy atom. The maximum atomic E-state index is 6.47. The van der Waals surface area contributed by atoms with Gasteiger partial charge in [-0.1, -0.05) is 36.3 Å². The summed E-state index contributed by atoms with van der Waals surface area (Å²) in [7, 11) is 0. The van der Waals surface area contributed by atoms with E-state index in [1.807, 2.05) is 6.07 Å². The molecule has 0 aliphatic heterocycles. The van der Waals surface area contributed by atoms with Crippen LogP contribution < -0.4 is 5.73 Å². The molecule has 2 N–H and O–H groups in total. The molecule has 104 valence electrons. The molecule has 0 amide bonds. The van der Waals surface area contributed by atoms with Gasteiger partial charge in [-0.15, -0.1) is 0 Å². The quantitative estimate of drug-likeness (QED) is 0.816. The molecule has 2 aromatic rings. The zero-order valence-corrected chi connectivity index (χ0v) is 12.1. The highest BCUT2D eigenvalue weighted by atomic mass is 14.8. The summed E-state index contributed by atoms with van der Waals surface area (Å²) in [5.74, 6) is 0. The third-order valence-electron chi connectivity index (χ3n) is 4.24. The fraction of sp³-hybridized carbons (Fsp3) is 0.389. The highest BCUT2D eigenvalue weighted by molar-refractivity contribution is 5.82. The van der Waals surface area contributed by atoms with Crippen LogP contribution in [0.25, 0.3) is 10.9 Å². The minimum atomic E-state index is -0.0450. The van der Waals surface area contributed by atoms with Gasteiger partial charge in [-0.25, -0.2) is 0 Å². The van der Waals surface area contributed by atoms with Gasteiger partial charge in [0.15, 0.2) is 0 Å². The molecule has 1 aromatic carbocycles. The second-order valence-electron chi connectivity index (χ2n) is 5.74. The highest BCUT2D eigenvalue weighted by Gasteiger charge is 2.16. The van der Waals surface area contributed by atoms with Crippen molar-refractivity contribution in [1.29, 1.82) is 0 Å². The average molecular weight is 266 g/mol. The van der Waals surface area contributed by atoms with Crippen LogP contribution in [0, 0.1) is 6.92 Å². The second-order valence-corrected chi connectivity index (χ2v) is 5.74. The molecule has 1 aliphatic rings. The van der Waals surface area contributed by atoms with Gasteiger partial charge in [0.05, 0.1) is 17.3 Å². The Balaban J connectivity index is 1.98. The van der Waals surface area contributed by atoms with Crippen LogP contribution in [-0.4, -0.2) is 4.98 Å². The van der Waals surface area contributed by atoms with Gasteiger partial charge >= 0.3 is 0 Å². The minimum absolute atomic E-state index is 0.0450. The SMILES string of the molecule is Cc1cc(C(N)C2=CCCCCC2)nc2ccccc12. The van der Waals surface area contributed by atoms with Crippen LogP contribution in [0.5, 0.6) is 0 Å². The van der Waals surface area contributed by atoms with E-state index in [1.54, 1.807) is 0 Å². The summed E-state index contributed by atoms with van der Waals surface area (Å²) >= 11 is 0. The van der Waals surface area contributed by atoms with E-state index in [4.69, 9.17) is 10.7 Å². The Morgan fingerprint density at radius 2 is 2.00 bits per heavy atom. The topological polar surface area (TPSA) is 38.9 Å². The average Bonchev–Trinajstić information content (AvgIpc) is 2.75. The Morgan fingerprint density at radius 1 is 1.15 bits per heavy atom. The molecule has 20 heavy (non-hydrogen) atoms. The molecule has 1 atom stereocenters. The molecule has 3 rings (SSSR count). The van der Waals surface area contributed by atoms with E-state index in [9.17, 15) is 0 Å². The van der Waals surface area contributed by atoms with E-state index in [1.165, 1.54) is 35.8 Å². The molecule has 1 heterocycles. The summed E-state index contributed by atoms with van der Waals surface area (Å²) in [5, 5.41) is 1.22. The number of nitrogens with two attached hydrogens (primary N) is 1. The zero-order valence-electron chi connectivity index (χ0n) is 12.1. The van der Waals surface area contributed by atoms with Crippen molar-refractivity contribution >= 4 is 10.9 Å². The van der Waals surface area contributed by atoms with E-state index < -0.39 is 0 Å². The number of aryl methyl sites for hydroxylation is 1. The molecule has 0 spiro atoms. The van der Waals surface area contributed by atoms with Gasteiger partial charge in [0, 0.05) is 5.39 Å². The van der Waals surface area contributed by atoms with Crippen molar-refractivity contribution in [3.63, 3.8) is 0 Å². The van der Waals surface area contributed by atoms with Crippen molar-refractivity contribution < 1.29 is 0 Å². The van der Waals surface area contributed by atoms with Crippen LogP contribution in [-0.2, 0) is 0 Å². The van der Waals surface area contributed by atoms with Crippen LogP contribution in [0.3, 0.4) is 0 Å². The molecule has 0 saturated heterocycles. The molecule has 0 fully saturated rings.